The molecule has 0 N–H and O–H groups in total. The SMILES string of the molecule is C1OC1CN1CCN(CC2CO2)CCN(CC2CO2)CC1. The van der Waals surface area contributed by atoms with Crippen LogP contribution in [0.3, 0.4) is 0 Å². The second-order valence-electron chi connectivity index (χ2n) is 6.77. The van der Waals surface area contributed by atoms with Gasteiger partial charge in [-0.3, -0.25) is 14.7 Å². The van der Waals surface area contributed by atoms with E-state index in [9.17, 15) is 0 Å². The number of hydrogen-bond acceptors (Lipinski definition) is 6. The summed E-state index contributed by atoms with van der Waals surface area (Å²) in [5.41, 5.74) is 0. The van der Waals surface area contributed by atoms with Gasteiger partial charge in [-0.25, -0.2) is 0 Å². The van der Waals surface area contributed by atoms with Gasteiger partial charge in [0.05, 0.1) is 38.1 Å². The molecular formula is C15H27N3O3. The van der Waals surface area contributed by atoms with Crippen molar-refractivity contribution in [2.24, 2.45) is 0 Å². The normalized spacial score (nSPS) is 38.6. The predicted octanol–water partition coefficient (Wildman–Crippen LogP) is -0.898. The molecule has 0 spiro atoms. The molecule has 0 aliphatic carbocycles. The van der Waals surface area contributed by atoms with Gasteiger partial charge in [-0.15, -0.1) is 0 Å². The number of rotatable bonds is 6. The fraction of sp³-hybridized carbons (Fsp3) is 1.00. The summed E-state index contributed by atoms with van der Waals surface area (Å²) in [5, 5.41) is 0. The smallest absolute Gasteiger partial charge is 0.0936 e. The minimum Gasteiger partial charge on any atom is -0.372 e. The first kappa shape index (κ1) is 14.4. The summed E-state index contributed by atoms with van der Waals surface area (Å²) in [4.78, 5) is 7.72. The molecule has 21 heavy (non-hydrogen) atoms. The second kappa shape index (κ2) is 6.48. The van der Waals surface area contributed by atoms with E-state index >= 15 is 0 Å². The van der Waals surface area contributed by atoms with Crippen LogP contribution in [0.5, 0.6) is 0 Å². The van der Waals surface area contributed by atoms with Crippen molar-refractivity contribution in [1.29, 1.82) is 0 Å². The largest absolute Gasteiger partial charge is 0.372 e. The maximum absolute atomic E-state index is 5.41. The third kappa shape index (κ3) is 4.87. The number of nitrogens with zero attached hydrogens (tertiary/aromatic N) is 3. The molecule has 4 fully saturated rings. The van der Waals surface area contributed by atoms with Crippen molar-refractivity contribution in [3.05, 3.63) is 0 Å². The van der Waals surface area contributed by atoms with E-state index in [0.717, 1.165) is 78.7 Å². The third-order valence-corrected chi connectivity index (χ3v) is 4.79. The van der Waals surface area contributed by atoms with E-state index in [0.29, 0.717) is 18.3 Å². The summed E-state index contributed by atoms with van der Waals surface area (Å²) in [5.74, 6) is 0. The Kier molecular flexibility index (Phi) is 4.43. The van der Waals surface area contributed by atoms with Crippen molar-refractivity contribution in [1.82, 2.24) is 14.7 Å². The van der Waals surface area contributed by atoms with Crippen LogP contribution in [0.1, 0.15) is 0 Å². The molecule has 3 unspecified atom stereocenters. The van der Waals surface area contributed by atoms with E-state index in [4.69, 9.17) is 14.2 Å². The highest BCUT2D eigenvalue weighted by Gasteiger charge is 2.30. The van der Waals surface area contributed by atoms with Crippen LogP contribution < -0.4 is 0 Å². The van der Waals surface area contributed by atoms with Gasteiger partial charge in [0.15, 0.2) is 0 Å². The van der Waals surface area contributed by atoms with Gasteiger partial charge in [0.2, 0.25) is 0 Å². The van der Waals surface area contributed by atoms with Crippen LogP contribution >= 0.6 is 0 Å². The van der Waals surface area contributed by atoms with Gasteiger partial charge < -0.3 is 14.2 Å². The predicted molar refractivity (Wildman–Crippen MR) is 78.5 cm³/mol. The lowest BCUT2D eigenvalue weighted by molar-refractivity contribution is 0.195. The van der Waals surface area contributed by atoms with Crippen molar-refractivity contribution < 1.29 is 14.2 Å². The lowest BCUT2D eigenvalue weighted by Crippen LogP contribution is -2.39. The molecule has 0 amide bonds. The Morgan fingerprint density at radius 1 is 0.524 bits per heavy atom. The van der Waals surface area contributed by atoms with Crippen LogP contribution in [0.2, 0.25) is 0 Å². The lowest BCUT2D eigenvalue weighted by atomic mass is 10.3. The highest BCUT2D eigenvalue weighted by atomic mass is 16.6. The Labute approximate surface area is 126 Å². The molecule has 4 heterocycles. The highest BCUT2D eigenvalue weighted by molar-refractivity contribution is 4.82. The zero-order valence-electron chi connectivity index (χ0n) is 12.8. The number of hydrogen-bond donors (Lipinski definition) is 0. The van der Waals surface area contributed by atoms with Gasteiger partial charge >= 0.3 is 0 Å². The Morgan fingerprint density at radius 2 is 0.762 bits per heavy atom. The van der Waals surface area contributed by atoms with Crippen LogP contribution in [-0.2, 0) is 14.2 Å². The molecule has 6 nitrogen and oxygen atoms in total. The second-order valence-corrected chi connectivity index (χ2v) is 6.77. The van der Waals surface area contributed by atoms with E-state index in [1.54, 1.807) is 0 Å². The molecule has 3 atom stereocenters. The summed E-state index contributed by atoms with van der Waals surface area (Å²) in [6.45, 7) is 13.1. The van der Waals surface area contributed by atoms with Gasteiger partial charge in [0.25, 0.3) is 0 Å². The van der Waals surface area contributed by atoms with Gasteiger partial charge in [0.1, 0.15) is 0 Å². The summed E-state index contributed by atoms with van der Waals surface area (Å²) >= 11 is 0. The first-order valence-electron chi connectivity index (χ1n) is 8.37. The molecule has 4 saturated heterocycles. The van der Waals surface area contributed by atoms with Crippen LogP contribution in [0.15, 0.2) is 0 Å². The average Bonchev–Trinajstić information content (AvgIpc) is 3.31. The quantitative estimate of drug-likeness (QED) is 0.592. The minimum absolute atomic E-state index is 0.492. The van der Waals surface area contributed by atoms with Gasteiger partial charge in [0, 0.05) is 58.9 Å². The molecule has 0 aromatic heterocycles. The molecule has 120 valence electrons. The molecule has 0 aromatic carbocycles. The summed E-state index contributed by atoms with van der Waals surface area (Å²) in [6, 6.07) is 0. The van der Waals surface area contributed by atoms with E-state index in [2.05, 4.69) is 14.7 Å². The topological polar surface area (TPSA) is 47.3 Å². The van der Waals surface area contributed by atoms with Gasteiger partial charge in [-0.1, -0.05) is 0 Å². The Balaban J connectivity index is 1.32. The third-order valence-electron chi connectivity index (χ3n) is 4.79. The van der Waals surface area contributed by atoms with Crippen molar-refractivity contribution in [2.75, 3.05) is 78.7 Å². The monoisotopic (exact) mass is 297 g/mol. The van der Waals surface area contributed by atoms with Gasteiger partial charge in [-0.05, 0) is 0 Å². The molecule has 0 aromatic rings. The van der Waals surface area contributed by atoms with E-state index in [1.165, 1.54) is 0 Å². The van der Waals surface area contributed by atoms with Crippen molar-refractivity contribution in [3.63, 3.8) is 0 Å². The van der Waals surface area contributed by atoms with E-state index in [1.807, 2.05) is 0 Å². The Hall–Kier alpha value is -0.240. The summed E-state index contributed by atoms with van der Waals surface area (Å²) in [7, 11) is 0. The zero-order valence-corrected chi connectivity index (χ0v) is 12.8. The molecule has 4 rings (SSSR count). The van der Waals surface area contributed by atoms with Crippen LogP contribution in [0.25, 0.3) is 0 Å². The van der Waals surface area contributed by atoms with Crippen molar-refractivity contribution >= 4 is 0 Å². The molecule has 0 bridgehead atoms. The highest BCUT2D eigenvalue weighted by Crippen LogP contribution is 2.15. The Bertz CT molecular complexity index is 281. The first-order valence-corrected chi connectivity index (χ1v) is 8.37. The van der Waals surface area contributed by atoms with Crippen LogP contribution in [0, 0.1) is 0 Å². The average molecular weight is 297 g/mol. The molecule has 0 saturated carbocycles. The number of ether oxygens (including phenoxy) is 3. The van der Waals surface area contributed by atoms with Crippen molar-refractivity contribution in [3.8, 4) is 0 Å². The summed E-state index contributed by atoms with van der Waals surface area (Å²) < 4.78 is 16.2. The molecule has 6 heteroatoms. The maximum Gasteiger partial charge on any atom is 0.0936 e. The van der Waals surface area contributed by atoms with E-state index < -0.39 is 0 Å². The first-order chi connectivity index (χ1) is 10.3. The number of epoxide rings is 3. The fourth-order valence-electron chi connectivity index (χ4n) is 3.12. The van der Waals surface area contributed by atoms with Crippen LogP contribution in [-0.4, -0.2) is 112 Å². The summed E-state index contributed by atoms with van der Waals surface area (Å²) in [6.07, 6.45) is 1.48. The van der Waals surface area contributed by atoms with E-state index in [-0.39, 0.29) is 0 Å². The fourth-order valence-corrected chi connectivity index (χ4v) is 3.12. The Morgan fingerprint density at radius 3 is 0.952 bits per heavy atom. The molecule has 0 radical (unpaired) electrons. The molecule has 4 aliphatic rings. The van der Waals surface area contributed by atoms with Gasteiger partial charge in [-0.2, -0.15) is 0 Å². The van der Waals surface area contributed by atoms with Crippen LogP contribution in [0.4, 0.5) is 0 Å². The minimum atomic E-state index is 0.492. The standard InChI is InChI=1S/C15H27N3O3/c1-2-17(8-14-11-20-14)5-6-18(9-15-12-21-15)4-3-16(1)7-13-10-19-13/h13-15H,1-12H2. The molecule has 4 aliphatic heterocycles. The lowest BCUT2D eigenvalue weighted by Gasteiger charge is -2.24. The zero-order chi connectivity index (χ0) is 14.1. The maximum atomic E-state index is 5.41. The van der Waals surface area contributed by atoms with Crippen molar-refractivity contribution in [2.45, 2.75) is 18.3 Å². The molecular weight excluding hydrogens is 270 g/mol.